The van der Waals surface area contributed by atoms with Crippen molar-refractivity contribution in [1.82, 2.24) is 10.3 Å². The molecule has 1 N–H and O–H groups in total. The summed E-state index contributed by atoms with van der Waals surface area (Å²) in [6, 6.07) is 15.0. The first-order valence-electron chi connectivity index (χ1n) is 7.15. The quantitative estimate of drug-likeness (QED) is 0.871. The minimum atomic E-state index is 0.300. The van der Waals surface area contributed by atoms with Crippen LogP contribution in [0.1, 0.15) is 31.1 Å². The SMILES string of the molecule is CCNC(C)c1ccc(N(C)Cc2ccccc2)cn1. The van der Waals surface area contributed by atoms with Crippen LogP contribution in [-0.2, 0) is 6.54 Å². The van der Waals surface area contributed by atoms with Crippen molar-refractivity contribution in [2.24, 2.45) is 0 Å². The first-order chi connectivity index (χ1) is 9.70. The first kappa shape index (κ1) is 14.5. The number of aromatic nitrogens is 1. The van der Waals surface area contributed by atoms with Gasteiger partial charge in [-0.2, -0.15) is 0 Å². The second-order valence-corrected chi connectivity index (χ2v) is 5.06. The molecule has 0 saturated heterocycles. The molecule has 2 rings (SSSR count). The fourth-order valence-electron chi connectivity index (χ4n) is 2.24. The lowest BCUT2D eigenvalue weighted by molar-refractivity contribution is 0.583. The maximum Gasteiger partial charge on any atom is 0.0572 e. The maximum atomic E-state index is 4.56. The van der Waals surface area contributed by atoms with Gasteiger partial charge < -0.3 is 10.2 Å². The van der Waals surface area contributed by atoms with Crippen LogP contribution in [0.5, 0.6) is 0 Å². The number of benzene rings is 1. The second kappa shape index (κ2) is 7.06. The third-order valence-corrected chi connectivity index (χ3v) is 3.43. The predicted octanol–water partition coefficient (Wildman–Crippen LogP) is 3.39. The lowest BCUT2D eigenvalue weighted by Crippen LogP contribution is -2.20. The summed E-state index contributed by atoms with van der Waals surface area (Å²) in [6.07, 6.45) is 1.95. The van der Waals surface area contributed by atoms with Crippen molar-refractivity contribution >= 4 is 5.69 Å². The van der Waals surface area contributed by atoms with E-state index in [0.29, 0.717) is 6.04 Å². The maximum absolute atomic E-state index is 4.56. The molecule has 0 aliphatic carbocycles. The van der Waals surface area contributed by atoms with Crippen molar-refractivity contribution in [3.05, 3.63) is 59.9 Å². The largest absolute Gasteiger partial charge is 0.369 e. The minimum absolute atomic E-state index is 0.300. The summed E-state index contributed by atoms with van der Waals surface area (Å²) in [4.78, 5) is 6.77. The zero-order valence-corrected chi connectivity index (χ0v) is 12.5. The van der Waals surface area contributed by atoms with Gasteiger partial charge in [-0.15, -0.1) is 0 Å². The Labute approximate surface area is 121 Å². The van der Waals surface area contributed by atoms with Gasteiger partial charge in [-0.3, -0.25) is 4.98 Å². The number of pyridine rings is 1. The van der Waals surface area contributed by atoms with Crippen LogP contribution in [-0.4, -0.2) is 18.6 Å². The number of nitrogens with zero attached hydrogens (tertiary/aromatic N) is 2. The molecule has 2 aromatic rings. The molecule has 0 spiro atoms. The Bertz CT molecular complexity index is 508. The van der Waals surface area contributed by atoms with E-state index in [2.05, 4.69) is 72.5 Å². The summed E-state index contributed by atoms with van der Waals surface area (Å²) in [6.45, 7) is 6.10. The van der Waals surface area contributed by atoms with Crippen LogP contribution in [0.25, 0.3) is 0 Å². The van der Waals surface area contributed by atoms with Gasteiger partial charge in [-0.05, 0) is 31.2 Å². The lowest BCUT2D eigenvalue weighted by Gasteiger charge is -2.20. The number of nitrogens with one attached hydrogen (secondary N) is 1. The van der Waals surface area contributed by atoms with Crippen LogP contribution in [0.3, 0.4) is 0 Å². The molecule has 0 bridgehead atoms. The molecule has 1 aromatic carbocycles. The minimum Gasteiger partial charge on any atom is -0.369 e. The van der Waals surface area contributed by atoms with Crippen LogP contribution in [0.4, 0.5) is 5.69 Å². The predicted molar refractivity (Wildman–Crippen MR) is 84.9 cm³/mol. The molecule has 3 heteroatoms. The van der Waals surface area contributed by atoms with E-state index in [-0.39, 0.29) is 0 Å². The van der Waals surface area contributed by atoms with Gasteiger partial charge in [0.05, 0.1) is 17.6 Å². The fourth-order valence-corrected chi connectivity index (χ4v) is 2.24. The fraction of sp³-hybridized carbons (Fsp3) is 0.353. The van der Waals surface area contributed by atoms with Gasteiger partial charge in [-0.1, -0.05) is 37.3 Å². The van der Waals surface area contributed by atoms with Gasteiger partial charge in [0.1, 0.15) is 0 Å². The molecule has 106 valence electrons. The molecular formula is C17H23N3. The molecule has 3 nitrogen and oxygen atoms in total. The Morgan fingerprint density at radius 3 is 2.50 bits per heavy atom. The van der Waals surface area contributed by atoms with Gasteiger partial charge in [-0.25, -0.2) is 0 Å². The lowest BCUT2D eigenvalue weighted by atomic mass is 10.2. The molecule has 1 atom stereocenters. The molecule has 0 amide bonds. The van der Waals surface area contributed by atoms with E-state index in [9.17, 15) is 0 Å². The van der Waals surface area contributed by atoms with Crippen molar-refractivity contribution in [2.45, 2.75) is 26.4 Å². The highest BCUT2D eigenvalue weighted by molar-refractivity contribution is 5.44. The zero-order chi connectivity index (χ0) is 14.4. The number of hydrogen-bond acceptors (Lipinski definition) is 3. The zero-order valence-electron chi connectivity index (χ0n) is 12.5. The summed E-state index contributed by atoms with van der Waals surface area (Å²) in [7, 11) is 2.09. The van der Waals surface area contributed by atoms with Crippen molar-refractivity contribution in [1.29, 1.82) is 0 Å². The summed E-state index contributed by atoms with van der Waals surface area (Å²) in [5, 5.41) is 3.37. The van der Waals surface area contributed by atoms with E-state index in [0.717, 1.165) is 24.5 Å². The van der Waals surface area contributed by atoms with Crippen molar-refractivity contribution in [3.63, 3.8) is 0 Å². The third-order valence-electron chi connectivity index (χ3n) is 3.43. The molecule has 1 unspecified atom stereocenters. The highest BCUT2D eigenvalue weighted by atomic mass is 15.1. The Balaban J connectivity index is 2.02. The monoisotopic (exact) mass is 269 g/mol. The molecule has 1 heterocycles. The van der Waals surface area contributed by atoms with Crippen LogP contribution in [0.15, 0.2) is 48.7 Å². The van der Waals surface area contributed by atoms with Gasteiger partial charge in [0.15, 0.2) is 0 Å². The normalized spacial score (nSPS) is 12.2. The van der Waals surface area contributed by atoms with Gasteiger partial charge in [0.2, 0.25) is 0 Å². The Morgan fingerprint density at radius 2 is 1.90 bits per heavy atom. The van der Waals surface area contributed by atoms with Crippen LogP contribution >= 0.6 is 0 Å². The topological polar surface area (TPSA) is 28.2 Å². The third kappa shape index (κ3) is 3.81. The van der Waals surface area contributed by atoms with Gasteiger partial charge >= 0.3 is 0 Å². The molecule has 20 heavy (non-hydrogen) atoms. The van der Waals surface area contributed by atoms with Crippen molar-refractivity contribution < 1.29 is 0 Å². The van der Waals surface area contributed by atoms with Crippen LogP contribution in [0.2, 0.25) is 0 Å². The van der Waals surface area contributed by atoms with E-state index in [1.54, 1.807) is 0 Å². The summed E-state index contributed by atoms with van der Waals surface area (Å²) < 4.78 is 0. The number of rotatable bonds is 6. The van der Waals surface area contributed by atoms with E-state index in [1.807, 2.05) is 12.3 Å². The van der Waals surface area contributed by atoms with E-state index in [1.165, 1.54) is 5.56 Å². The van der Waals surface area contributed by atoms with E-state index in [4.69, 9.17) is 0 Å². The van der Waals surface area contributed by atoms with Gasteiger partial charge in [0.25, 0.3) is 0 Å². The Morgan fingerprint density at radius 1 is 1.15 bits per heavy atom. The molecular weight excluding hydrogens is 246 g/mol. The number of anilines is 1. The Hall–Kier alpha value is -1.87. The highest BCUT2D eigenvalue weighted by Crippen LogP contribution is 2.17. The first-order valence-corrected chi connectivity index (χ1v) is 7.15. The second-order valence-electron chi connectivity index (χ2n) is 5.06. The molecule has 0 radical (unpaired) electrons. The highest BCUT2D eigenvalue weighted by Gasteiger charge is 2.07. The molecule has 1 aromatic heterocycles. The average Bonchev–Trinajstić information content (AvgIpc) is 2.48. The van der Waals surface area contributed by atoms with Crippen molar-refractivity contribution in [3.8, 4) is 0 Å². The average molecular weight is 269 g/mol. The van der Waals surface area contributed by atoms with Crippen LogP contribution < -0.4 is 10.2 Å². The Kier molecular flexibility index (Phi) is 5.13. The smallest absolute Gasteiger partial charge is 0.0572 e. The summed E-state index contributed by atoms with van der Waals surface area (Å²) >= 11 is 0. The van der Waals surface area contributed by atoms with Crippen molar-refractivity contribution in [2.75, 3.05) is 18.5 Å². The van der Waals surface area contributed by atoms with Gasteiger partial charge in [0, 0.05) is 19.6 Å². The van der Waals surface area contributed by atoms with E-state index >= 15 is 0 Å². The molecule has 0 aliphatic heterocycles. The number of hydrogen-bond donors (Lipinski definition) is 1. The standard InChI is InChI=1S/C17H23N3/c1-4-18-14(2)17-11-10-16(12-19-17)20(3)13-15-8-6-5-7-9-15/h5-12,14,18H,4,13H2,1-3H3. The van der Waals surface area contributed by atoms with Crippen LogP contribution in [0, 0.1) is 0 Å². The summed E-state index contributed by atoms with van der Waals surface area (Å²) in [5.41, 5.74) is 3.53. The molecule has 0 aliphatic rings. The van der Waals surface area contributed by atoms with E-state index < -0.39 is 0 Å². The molecule has 0 fully saturated rings. The molecule has 0 saturated carbocycles. The summed E-state index contributed by atoms with van der Waals surface area (Å²) in [5.74, 6) is 0.